The summed E-state index contributed by atoms with van der Waals surface area (Å²) in [6, 6.07) is 0.928. The zero-order valence-corrected chi connectivity index (χ0v) is 10.5. The Morgan fingerprint density at radius 1 is 1.38 bits per heavy atom. The minimum atomic E-state index is 0.114. The number of likely N-dealkylation sites (N-methyl/N-ethyl adjacent to an activating group) is 1. The normalized spacial score (nSPS) is 25.8. The summed E-state index contributed by atoms with van der Waals surface area (Å²) in [4.78, 5) is 13.7. The van der Waals surface area contributed by atoms with Crippen LogP contribution in [0.2, 0.25) is 0 Å². The van der Waals surface area contributed by atoms with Crippen LogP contribution in [-0.2, 0) is 4.79 Å². The van der Waals surface area contributed by atoms with Gasteiger partial charge in [0.05, 0.1) is 6.54 Å². The lowest BCUT2D eigenvalue weighted by molar-refractivity contribution is -0.122. The molecule has 0 saturated heterocycles. The molecule has 0 bridgehead atoms. The summed E-state index contributed by atoms with van der Waals surface area (Å²) in [5.41, 5.74) is 5.90. The first-order valence-electron chi connectivity index (χ1n) is 6.37. The van der Waals surface area contributed by atoms with Crippen molar-refractivity contribution in [3.05, 3.63) is 0 Å². The molecule has 0 aliphatic heterocycles. The average Bonchev–Trinajstić information content (AvgIpc) is 2.29. The molecular formula is C12H25N3O. The van der Waals surface area contributed by atoms with Gasteiger partial charge in [0.25, 0.3) is 0 Å². The maximum atomic E-state index is 11.4. The van der Waals surface area contributed by atoms with Crippen molar-refractivity contribution < 1.29 is 4.79 Å². The van der Waals surface area contributed by atoms with Crippen molar-refractivity contribution >= 4 is 5.91 Å². The maximum absolute atomic E-state index is 11.4. The maximum Gasteiger partial charge on any atom is 0.233 e. The van der Waals surface area contributed by atoms with E-state index < -0.39 is 0 Å². The van der Waals surface area contributed by atoms with Crippen molar-refractivity contribution in [1.82, 2.24) is 10.2 Å². The molecule has 16 heavy (non-hydrogen) atoms. The van der Waals surface area contributed by atoms with Crippen LogP contribution >= 0.6 is 0 Å². The molecule has 4 nitrogen and oxygen atoms in total. The van der Waals surface area contributed by atoms with Crippen molar-refractivity contribution in [2.24, 2.45) is 5.73 Å². The quantitative estimate of drug-likeness (QED) is 0.727. The Labute approximate surface area is 98.6 Å². The van der Waals surface area contributed by atoms with Gasteiger partial charge in [0.2, 0.25) is 5.91 Å². The minimum absolute atomic E-state index is 0.114. The van der Waals surface area contributed by atoms with E-state index in [-0.39, 0.29) is 5.91 Å². The summed E-state index contributed by atoms with van der Waals surface area (Å²) in [5.74, 6) is 0.114. The molecule has 0 aromatic carbocycles. The lowest BCUT2D eigenvalue weighted by atomic mass is 9.90. The fourth-order valence-electron chi connectivity index (χ4n) is 2.41. The van der Waals surface area contributed by atoms with Gasteiger partial charge in [-0.05, 0) is 38.6 Å². The number of hydrogen-bond acceptors (Lipinski definition) is 3. The molecule has 0 atom stereocenters. The number of rotatable bonds is 5. The molecule has 0 unspecified atom stereocenters. The van der Waals surface area contributed by atoms with Gasteiger partial charge in [0.15, 0.2) is 0 Å². The molecule has 0 aromatic rings. The van der Waals surface area contributed by atoms with E-state index in [9.17, 15) is 4.79 Å². The monoisotopic (exact) mass is 227 g/mol. The first-order valence-corrected chi connectivity index (χ1v) is 6.37. The number of nitrogens with zero attached hydrogens (tertiary/aromatic N) is 1. The molecule has 1 aliphatic rings. The van der Waals surface area contributed by atoms with Gasteiger partial charge in [-0.15, -0.1) is 0 Å². The molecule has 1 rings (SSSR count). The Morgan fingerprint density at radius 3 is 2.50 bits per heavy atom. The van der Waals surface area contributed by atoms with Gasteiger partial charge in [-0.25, -0.2) is 0 Å². The molecule has 1 aliphatic carbocycles. The van der Waals surface area contributed by atoms with Crippen LogP contribution in [0.3, 0.4) is 0 Å². The lowest BCUT2D eigenvalue weighted by Gasteiger charge is -2.35. The van der Waals surface area contributed by atoms with E-state index in [0.29, 0.717) is 18.6 Å². The van der Waals surface area contributed by atoms with Crippen LogP contribution in [0.5, 0.6) is 0 Å². The first-order chi connectivity index (χ1) is 7.67. The van der Waals surface area contributed by atoms with E-state index in [0.717, 1.165) is 38.6 Å². The Hall–Kier alpha value is -0.610. The summed E-state index contributed by atoms with van der Waals surface area (Å²) in [6.07, 6.45) is 5.56. The SMILES string of the molecule is CCCN(CC(=O)NC)C1CCC(N)CC1. The molecule has 94 valence electrons. The Bertz CT molecular complexity index is 212. The number of hydrogen-bond donors (Lipinski definition) is 2. The van der Waals surface area contributed by atoms with Crippen LogP contribution in [-0.4, -0.2) is 43.0 Å². The zero-order chi connectivity index (χ0) is 12.0. The van der Waals surface area contributed by atoms with Gasteiger partial charge >= 0.3 is 0 Å². The summed E-state index contributed by atoms with van der Waals surface area (Å²) in [5, 5.41) is 2.70. The van der Waals surface area contributed by atoms with Crippen LogP contribution in [0.1, 0.15) is 39.0 Å². The van der Waals surface area contributed by atoms with Gasteiger partial charge in [-0.1, -0.05) is 6.92 Å². The van der Waals surface area contributed by atoms with Crippen molar-refractivity contribution in [2.45, 2.75) is 51.1 Å². The number of carbonyl (C=O) groups excluding carboxylic acids is 1. The number of nitrogens with two attached hydrogens (primary N) is 1. The van der Waals surface area contributed by atoms with Crippen LogP contribution in [0, 0.1) is 0 Å². The molecule has 4 heteroatoms. The molecule has 0 heterocycles. The largest absolute Gasteiger partial charge is 0.358 e. The van der Waals surface area contributed by atoms with E-state index in [1.807, 2.05) is 0 Å². The van der Waals surface area contributed by atoms with Crippen molar-refractivity contribution in [3.8, 4) is 0 Å². The highest BCUT2D eigenvalue weighted by molar-refractivity contribution is 5.77. The average molecular weight is 227 g/mol. The predicted molar refractivity (Wildman–Crippen MR) is 66.2 cm³/mol. The van der Waals surface area contributed by atoms with Gasteiger partial charge in [-0.3, -0.25) is 9.69 Å². The molecule has 0 aromatic heterocycles. The topological polar surface area (TPSA) is 58.4 Å². The third kappa shape index (κ3) is 4.10. The lowest BCUT2D eigenvalue weighted by Crippen LogP contribution is -2.45. The zero-order valence-electron chi connectivity index (χ0n) is 10.5. The third-order valence-corrected chi connectivity index (χ3v) is 3.39. The third-order valence-electron chi connectivity index (χ3n) is 3.39. The number of carbonyl (C=O) groups is 1. The minimum Gasteiger partial charge on any atom is -0.358 e. The van der Waals surface area contributed by atoms with Crippen molar-refractivity contribution in [3.63, 3.8) is 0 Å². The molecule has 3 N–H and O–H groups in total. The van der Waals surface area contributed by atoms with Crippen LogP contribution in [0.4, 0.5) is 0 Å². The second kappa shape index (κ2) is 6.86. The highest BCUT2D eigenvalue weighted by Gasteiger charge is 2.24. The highest BCUT2D eigenvalue weighted by Crippen LogP contribution is 2.22. The number of amides is 1. The number of nitrogens with one attached hydrogen (secondary N) is 1. The fourth-order valence-corrected chi connectivity index (χ4v) is 2.41. The van der Waals surface area contributed by atoms with Gasteiger partial charge in [0.1, 0.15) is 0 Å². The first kappa shape index (κ1) is 13.5. The highest BCUT2D eigenvalue weighted by atomic mass is 16.1. The van der Waals surface area contributed by atoms with E-state index in [1.54, 1.807) is 7.05 Å². The Balaban J connectivity index is 2.45. The van der Waals surface area contributed by atoms with Gasteiger partial charge in [-0.2, -0.15) is 0 Å². The van der Waals surface area contributed by atoms with E-state index >= 15 is 0 Å². The summed E-state index contributed by atoms with van der Waals surface area (Å²) >= 11 is 0. The second-order valence-corrected chi connectivity index (χ2v) is 4.71. The van der Waals surface area contributed by atoms with Crippen LogP contribution in [0.15, 0.2) is 0 Å². The summed E-state index contributed by atoms with van der Waals surface area (Å²) in [6.45, 7) is 3.70. The summed E-state index contributed by atoms with van der Waals surface area (Å²) < 4.78 is 0. The molecular weight excluding hydrogens is 202 g/mol. The molecule has 0 radical (unpaired) electrons. The molecule has 1 saturated carbocycles. The fraction of sp³-hybridized carbons (Fsp3) is 0.917. The predicted octanol–water partition coefficient (Wildman–Crippen LogP) is 0.714. The second-order valence-electron chi connectivity index (χ2n) is 4.71. The van der Waals surface area contributed by atoms with E-state index in [1.165, 1.54) is 0 Å². The smallest absolute Gasteiger partial charge is 0.233 e. The van der Waals surface area contributed by atoms with Crippen LogP contribution in [0.25, 0.3) is 0 Å². The van der Waals surface area contributed by atoms with Crippen LogP contribution < -0.4 is 11.1 Å². The van der Waals surface area contributed by atoms with E-state index in [2.05, 4.69) is 17.1 Å². The van der Waals surface area contributed by atoms with Gasteiger partial charge in [0, 0.05) is 19.1 Å². The molecule has 0 spiro atoms. The van der Waals surface area contributed by atoms with Gasteiger partial charge < -0.3 is 11.1 Å². The van der Waals surface area contributed by atoms with Crippen molar-refractivity contribution in [2.75, 3.05) is 20.1 Å². The molecule has 1 amide bonds. The summed E-state index contributed by atoms with van der Waals surface area (Å²) in [7, 11) is 1.70. The molecule has 1 fully saturated rings. The Kier molecular flexibility index (Phi) is 5.77. The van der Waals surface area contributed by atoms with Crippen molar-refractivity contribution in [1.29, 1.82) is 0 Å². The standard InChI is InChI=1S/C12H25N3O/c1-3-8-15(9-12(16)14-2)11-6-4-10(13)5-7-11/h10-11H,3-9,13H2,1-2H3,(H,14,16). The Morgan fingerprint density at radius 2 is 2.00 bits per heavy atom. The van der Waals surface area contributed by atoms with E-state index in [4.69, 9.17) is 5.73 Å².